The van der Waals surface area contributed by atoms with Gasteiger partial charge < -0.3 is 10.1 Å². The van der Waals surface area contributed by atoms with Crippen LogP contribution in [-0.2, 0) is 0 Å². The fraction of sp³-hybridized carbons (Fsp3) is 0.111. The van der Waals surface area contributed by atoms with Gasteiger partial charge >= 0.3 is 5.91 Å². The zero-order valence-corrected chi connectivity index (χ0v) is 6.91. The lowest BCUT2D eigenvalue weighted by Crippen LogP contribution is -2.81. The number of rotatable bonds is 2. The van der Waals surface area contributed by atoms with Crippen LogP contribution in [0.25, 0.3) is 0 Å². The van der Waals surface area contributed by atoms with Gasteiger partial charge in [0, 0.05) is 0 Å². The van der Waals surface area contributed by atoms with E-state index in [0.29, 0.717) is 5.56 Å². The van der Waals surface area contributed by atoms with Crippen LogP contribution in [-0.4, -0.2) is 13.0 Å². The molecule has 1 aromatic rings. The standard InChI is InChI=1S/C9H11NO2/c1-10-9(11)7-3-5-8(12-2)6-4-7/h3-6H,1,10H2,2H3. The lowest BCUT2D eigenvalue weighted by atomic mass is 10.2. The van der Waals surface area contributed by atoms with Crippen molar-refractivity contribution in [3.8, 4) is 5.75 Å². The zero-order chi connectivity index (χ0) is 8.97. The quantitative estimate of drug-likeness (QED) is 0.636. The molecule has 0 unspecified atom stereocenters. The molecule has 0 spiro atoms. The molecule has 1 aromatic carbocycles. The minimum Gasteiger partial charge on any atom is -0.497 e. The van der Waals surface area contributed by atoms with E-state index in [9.17, 15) is 4.79 Å². The van der Waals surface area contributed by atoms with Crippen molar-refractivity contribution >= 4 is 5.91 Å². The maximum Gasteiger partial charge on any atom is 0.316 e. The van der Waals surface area contributed by atoms with Crippen LogP contribution in [0, 0.1) is 7.05 Å². The molecule has 0 saturated carbocycles. The van der Waals surface area contributed by atoms with Gasteiger partial charge in [-0.2, -0.15) is 0 Å². The molecule has 64 valence electrons. The van der Waals surface area contributed by atoms with E-state index in [4.69, 9.17) is 4.74 Å². The Morgan fingerprint density at radius 2 is 2.00 bits per heavy atom. The van der Waals surface area contributed by atoms with E-state index < -0.39 is 0 Å². The molecule has 0 bridgehead atoms. The van der Waals surface area contributed by atoms with Gasteiger partial charge in [0.1, 0.15) is 5.75 Å². The molecular weight excluding hydrogens is 154 g/mol. The second kappa shape index (κ2) is 3.88. The van der Waals surface area contributed by atoms with Gasteiger partial charge in [0.05, 0.1) is 12.7 Å². The predicted molar refractivity (Wildman–Crippen MR) is 44.6 cm³/mol. The Labute approximate surface area is 71.4 Å². The number of nitrogens with two attached hydrogens (primary N) is 1. The van der Waals surface area contributed by atoms with Crippen LogP contribution >= 0.6 is 0 Å². The Hall–Kier alpha value is -1.35. The van der Waals surface area contributed by atoms with E-state index in [-0.39, 0.29) is 5.91 Å². The summed E-state index contributed by atoms with van der Waals surface area (Å²) in [5, 5.41) is 1.29. The molecular formula is C9H11NO2. The normalized spacial score (nSPS) is 9.50. The highest BCUT2D eigenvalue weighted by atomic mass is 16.5. The predicted octanol–water partition coefficient (Wildman–Crippen LogP) is 0.190. The third-order valence-electron chi connectivity index (χ3n) is 1.56. The summed E-state index contributed by atoms with van der Waals surface area (Å²) in [6.07, 6.45) is 0. The van der Waals surface area contributed by atoms with Crippen LogP contribution in [0.15, 0.2) is 24.3 Å². The second-order valence-electron chi connectivity index (χ2n) is 2.30. The van der Waals surface area contributed by atoms with Gasteiger partial charge in [0.2, 0.25) is 0 Å². The number of carbonyl (C=O) groups excluding carboxylic acids is 1. The average Bonchev–Trinajstić information content (AvgIpc) is 2.17. The van der Waals surface area contributed by atoms with E-state index in [1.807, 2.05) is 0 Å². The number of ether oxygens (including phenoxy) is 1. The number of hydrogen-bond acceptors (Lipinski definition) is 2. The second-order valence-corrected chi connectivity index (χ2v) is 2.30. The van der Waals surface area contributed by atoms with Crippen molar-refractivity contribution < 1.29 is 14.8 Å². The van der Waals surface area contributed by atoms with Crippen molar-refractivity contribution in [1.82, 2.24) is 0 Å². The fourth-order valence-electron chi connectivity index (χ4n) is 0.873. The van der Waals surface area contributed by atoms with Crippen molar-refractivity contribution in [2.45, 2.75) is 0 Å². The summed E-state index contributed by atoms with van der Waals surface area (Å²) in [6.45, 7) is 0. The summed E-state index contributed by atoms with van der Waals surface area (Å²) < 4.78 is 4.95. The Morgan fingerprint density at radius 3 is 2.42 bits per heavy atom. The van der Waals surface area contributed by atoms with Crippen LogP contribution in [0.4, 0.5) is 0 Å². The van der Waals surface area contributed by atoms with Gasteiger partial charge in [-0.25, -0.2) is 4.79 Å². The maximum absolute atomic E-state index is 11.1. The number of methoxy groups -OCH3 is 1. The SMILES string of the molecule is [CH2-][NH2+]C(=O)c1ccc(OC)cc1. The van der Waals surface area contributed by atoms with Gasteiger partial charge in [-0.15, -0.1) is 7.05 Å². The summed E-state index contributed by atoms with van der Waals surface area (Å²) >= 11 is 0. The summed E-state index contributed by atoms with van der Waals surface area (Å²) in [5.41, 5.74) is 0.630. The summed E-state index contributed by atoms with van der Waals surface area (Å²) in [7, 11) is 4.99. The third kappa shape index (κ3) is 1.83. The summed E-state index contributed by atoms with van der Waals surface area (Å²) in [6, 6.07) is 6.92. The first-order valence-corrected chi connectivity index (χ1v) is 3.58. The minimum atomic E-state index is -0.0716. The number of hydrogen-bond donors (Lipinski definition) is 1. The van der Waals surface area contributed by atoms with Crippen LogP contribution in [0.2, 0.25) is 0 Å². The van der Waals surface area contributed by atoms with Gasteiger partial charge in [-0.3, -0.25) is 0 Å². The highest BCUT2D eigenvalue weighted by molar-refractivity contribution is 5.86. The fourth-order valence-corrected chi connectivity index (χ4v) is 0.873. The van der Waals surface area contributed by atoms with Crippen molar-refractivity contribution in [1.29, 1.82) is 0 Å². The molecule has 2 N–H and O–H groups in total. The topological polar surface area (TPSA) is 42.9 Å². The van der Waals surface area contributed by atoms with E-state index in [1.165, 1.54) is 5.32 Å². The van der Waals surface area contributed by atoms with Crippen LogP contribution in [0.5, 0.6) is 5.75 Å². The highest BCUT2D eigenvalue weighted by Gasteiger charge is 2.03. The van der Waals surface area contributed by atoms with Crippen molar-refractivity contribution in [2.75, 3.05) is 7.11 Å². The summed E-state index contributed by atoms with van der Waals surface area (Å²) in [5.74, 6) is 0.674. The van der Waals surface area contributed by atoms with Crippen molar-refractivity contribution in [2.24, 2.45) is 0 Å². The van der Waals surface area contributed by atoms with Crippen molar-refractivity contribution in [3.05, 3.63) is 36.9 Å². The van der Waals surface area contributed by atoms with E-state index in [0.717, 1.165) is 5.75 Å². The molecule has 0 aliphatic heterocycles. The molecule has 0 saturated heterocycles. The smallest absolute Gasteiger partial charge is 0.316 e. The van der Waals surface area contributed by atoms with E-state index in [1.54, 1.807) is 31.4 Å². The number of quaternary nitrogens is 1. The van der Waals surface area contributed by atoms with E-state index >= 15 is 0 Å². The molecule has 0 aliphatic rings. The molecule has 1 rings (SSSR count). The average molecular weight is 165 g/mol. The molecule has 12 heavy (non-hydrogen) atoms. The van der Waals surface area contributed by atoms with Gasteiger partial charge in [-0.1, -0.05) is 0 Å². The molecule has 0 radical (unpaired) electrons. The van der Waals surface area contributed by atoms with Crippen molar-refractivity contribution in [3.63, 3.8) is 0 Å². The molecule has 0 aliphatic carbocycles. The van der Waals surface area contributed by atoms with E-state index in [2.05, 4.69) is 7.05 Å². The molecule has 0 fully saturated rings. The van der Waals surface area contributed by atoms with Crippen LogP contribution < -0.4 is 10.1 Å². The molecule has 0 heterocycles. The number of primary amides is 1. The molecule has 3 heteroatoms. The largest absolute Gasteiger partial charge is 0.497 e. The number of benzene rings is 1. The van der Waals surface area contributed by atoms with Crippen LogP contribution in [0.1, 0.15) is 10.4 Å². The molecule has 1 amide bonds. The number of carbonyl (C=O) groups is 1. The lowest BCUT2D eigenvalue weighted by molar-refractivity contribution is -0.489. The molecule has 3 nitrogen and oxygen atoms in total. The third-order valence-corrected chi connectivity index (χ3v) is 1.56. The first kappa shape index (κ1) is 8.74. The summed E-state index contributed by atoms with van der Waals surface area (Å²) in [4.78, 5) is 11.1. The van der Waals surface area contributed by atoms with Gasteiger partial charge in [0.25, 0.3) is 0 Å². The van der Waals surface area contributed by atoms with Gasteiger partial charge in [0.15, 0.2) is 0 Å². The Kier molecular flexibility index (Phi) is 2.82. The Balaban J connectivity index is 2.84. The van der Waals surface area contributed by atoms with Crippen LogP contribution in [0.3, 0.4) is 0 Å². The monoisotopic (exact) mass is 165 g/mol. The molecule has 0 atom stereocenters. The Bertz CT molecular complexity index is 266. The lowest BCUT2D eigenvalue weighted by Gasteiger charge is -2.00. The highest BCUT2D eigenvalue weighted by Crippen LogP contribution is 2.09. The minimum absolute atomic E-state index is 0.0716. The maximum atomic E-state index is 11.1. The first-order chi connectivity index (χ1) is 5.77. The zero-order valence-electron chi connectivity index (χ0n) is 6.91. The Morgan fingerprint density at radius 1 is 1.42 bits per heavy atom. The number of amides is 1. The first-order valence-electron chi connectivity index (χ1n) is 3.58. The molecule has 0 aromatic heterocycles. The van der Waals surface area contributed by atoms with Gasteiger partial charge in [-0.05, 0) is 24.3 Å².